The van der Waals surface area contributed by atoms with Gasteiger partial charge >= 0.3 is 6.18 Å². The standard InChI is InChI=1S/C17H17F3N2O2/c1-3-24-15-9-8-12(10-16(15)23-2)11-21-22-14-7-5-4-6-13(14)17(18,19)20/h4-11,22H,3H2,1-2H3. The van der Waals surface area contributed by atoms with Gasteiger partial charge in [0.25, 0.3) is 0 Å². The van der Waals surface area contributed by atoms with Gasteiger partial charge in [-0.25, -0.2) is 0 Å². The Hall–Kier alpha value is -2.70. The highest BCUT2D eigenvalue weighted by atomic mass is 19.4. The first-order valence-corrected chi connectivity index (χ1v) is 7.22. The fourth-order valence-corrected chi connectivity index (χ4v) is 2.04. The molecule has 0 saturated heterocycles. The lowest BCUT2D eigenvalue weighted by Crippen LogP contribution is -2.08. The van der Waals surface area contributed by atoms with Gasteiger partial charge in [0.05, 0.1) is 31.2 Å². The Morgan fingerprint density at radius 3 is 2.54 bits per heavy atom. The Morgan fingerprint density at radius 2 is 1.88 bits per heavy atom. The van der Waals surface area contributed by atoms with Crippen molar-refractivity contribution in [3.05, 3.63) is 53.6 Å². The molecule has 0 saturated carbocycles. The van der Waals surface area contributed by atoms with Crippen molar-refractivity contribution in [1.82, 2.24) is 0 Å². The smallest absolute Gasteiger partial charge is 0.418 e. The molecule has 24 heavy (non-hydrogen) atoms. The first-order chi connectivity index (χ1) is 11.5. The van der Waals surface area contributed by atoms with Crippen LogP contribution in [0, 0.1) is 0 Å². The summed E-state index contributed by atoms with van der Waals surface area (Å²) in [6.45, 7) is 2.36. The predicted molar refractivity (Wildman–Crippen MR) is 86.8 cm³/mol. The lowest BCUT2D eigenvalue weighted by Gasteiger charge is -2.11. The summed E-state index contributed by atoms with van der Waals surface area (Å²) in [6.07, 6.45) is -3.03. The van der Waals surface area contributed by atoms with Crippen LogP contribution in [-0.2, 0) is 6.18 Å². The van der Waals surface area contributed by atoms with E-state index in [1.54, 1.807) is 18.2 Å². The lowest BCUT2D eigenvalue weighted by atomic mass is 10.2. The Bertz CT molecular complexity index is 715. The number of anilines is 1. The van der Waals surface area contributed by atoms with E-state index in [4.69, 9.17) is 9.47 Å². The molecule has 0 bridgehead atoms. The van der Waals surface area contributed by atoms with E-state index in [-0.39, 0.29) is 5.69 Å². The van der Waals surface area contributed by atoms with Crippen LogP contribution in [0.3, 0.4) is 0 Å². The second-order valence-corrected chi connectivity index (χ2v) is 4.76. The van der Waals surface area contributed by atoms with Crippen molar-refractivity contribution in [3.8, 4) is 11.5 Å². The number of benzene rings is 2. The fraction of sp³-hybridized carbons (Fsp3) is 0.235. The monoisotopic (exact) mass is 338 g/mol. The van der Waals surface area contributed by atoms with Gasteiger partial charge in [0.1, 0.15) is 0 Å². The third kappa shape index (κ3) is 4.41. The van der Waals surface area contributed by atoms with Gasteiger partial charge in [0.2, 0.25) is 0 Å². The molecule has 0 spiro atoms. The summed E-state index contributed by atoms with van der Waals surface area (Å²) in [5, 5.41) is 3.87. The summed E-state index contributed by atoms with van der Waals surface area (Å²) in [5.41, 5.74) is 2.20. The Labute approximate surface area is 137 Å². The summed E-state index contributed by atoms with van der Waals surface area (Å²) in [7, 11) is 1.51. The van der Waals surface area contributed by atoms with Crippen molar-refractivity contribution in [2.75, 3.05) is 19.1 Å². The lowest BCUT2D eigenvalue weighted by molar-refractivity contribution is -0.136. The summed E-state index contributed by atoms with van der Waals surface area (Å²) < 4.78 is 49.3. The number of rotatable bonds is 6. The van der Waals surface area contributed by atoms with Crippen LogP contribution in [0.2, 0.25) is 0 Å². The molecule has 7 heteroatoms. The molecule has 0 unspecified atom stereocenters. The Balaban J connectivity index is 2.16. The number of para-hydroxylation sites is 1. The molecule has 0 aliphatic rings. The molecule has 2 aromatic carbocycles. The average molecular weight is 338 g/mol. The van der Waals surface area contributed by atoms with E-state index < -0.39 is 11.7 Å². The molecule has 0 fully saturated rings. The molecule has 0 heterocycles. The SMILES string of the molecule is CCOc1ccc(C=NNc2ccccc2C(F)(F)F)cc1OC. The average Bonchev–Trinajstić information content (AvgIpc) is 2.56. The van der Waals surface area contributed by atoms with Crippen LogP contribution >= 0.6 is 0 Å². The van der Waals surface area contributed by atoms with Crippen molar-refractivity contribution < 1.29 is 22.6 Å². The highest BCUT2D eigenvalue weighted by Crippen LogP contribution is 2.34. The van der Waals surface area contributed by atoms with Gasteiger partial charge < -0.3 is 9.47 Å². The maximum Gasteiger partial charge on any atom is 0.418 e. The Morgan fingerprint density at radius 1 is 1.12 bits per heavy atom. The van der Waals surface area contributed by atoms with Gasteiger partial charge in [-0.05, 0) is 42.8 Å². The van der Waals surface area contributed by atoms with Gasteiger partial charge in [-0.15, -0.1) is 0 Å². The van der Waals surface area contributed by atoms with Crippen molar-refractivity contribution in [1.29, 1.82) is 0 Å². The summed E-state index contributed by atoms with van der Waals surface area (Å²) in [6, 6.07) is 10.3. The van der Waals surface area contributed by atoms with E-state index in [9.17, 15) is 13.2 Å². The second kappa shape index (κ2) is 7.72. The number of hydrogen-bond donors (Lipinski definition) is 1. The number of hydrazone groups is 1. The molecule has 128 valence electrons. The zero-order valence-electron chi connectivity index (χ0n) is 13.2. The molecule has 4 nitrogen and oxygen atoms in total. The van der Waals surface area contributed by atoms with Crippen LogP contribution in [0.25, 0.3) is 0 Å². The number of halogens is 3. The quantitative estimate of drug-likeness (QED) is 0.620. The zero-order chi connectivity index (χ0) is 17.6. The van der Waals surface area contributed by atoms with E-state index in [0.29, 0.717) is 23.7 Å². The van der Waals surface area contributed by atoms with Crippen LogP contribution in [0.1, 0.15) is 18.1 Å². The number of alkyl halides is 3. The number of hydrogen-bond acceptors (Lipinski definition) is 4. The van der Waals surface area contributed by atoms with E-state index >= 15 is 0 Å². The maximum absolute atomic E-state index is 12.9. The van der Waals surface area contributed by atoms with Gasteiger partial charge in [-0.1, -0.05) is 12.1 Å². The van der Waals surface area contributed by atoms with Gasteiger partial charge in [0.15, 0.2) is 11.5 Å². The van der Waals surface area contributed by atoms with Gasteiger partial charge in [0, 0.05) is 0 Å². The highest BCUT2D eigenvalue weighted by Gasteiger charge is 2.33. The summed E-state index contributed by atoms with van der Waals surface area (Å²) in [5.74, 6) is 1.11. The molecule has 0 amide bonds. The topological polar surface area (TPSA) is 42.8 Å². The molecule has 0 atom stereocenters. The normalized spacial score (nSPS) is 11.5. The molecule has 0 aliphatic carbocycles. The van der Waals surface area contributed by atoms with Crippen molar-refractivity contribution in [2.24, 2.45) is 5.10 Å². The molecular formula is C17H17F3N2O2. The maximum atomic E-state index is 12.9. The van der Waals surface area contributed by atoms with Crippen LogP contribution in [0.15, 0.2) is 47.6 Å². The minimum atomic E-state index is -4.44. The molecule has 2 rings (SSSR count). The van der Waals surface area contributed by atoms with E-state index in [0.717, 1.165) is 6.07 Å². The summed E-state index contributed by atoms with van der Waals surface area (Å²) >= 11 is 0. The molecule has 0 aromatic heterocycles. The van der Waals surface area contributed by atoms with E-state index in [1.807, 2.05) is 6.92 Å². The number of ether oxygens (including phenoxy) is 2. The summed E-state index contributed by atoms with van der Waals surface area (Å²) in [4.78, 5) is 0. The second-order valence-electron chi connectivity index (χ2n) is 4.76. The van der Waals surface area contributed by atoms with Crippen molar-refractivity contribution in [3.63, 3.8) is 0 Å². The first-order valence-electron chi connectivity index (χ1n) is 7.22. The van der Waals surface area contributed by atoms with Crippen molar-refractivity contribution in [2.45, 2.75) is 13.1 Å². The van der Waals surface area contributed by atoms with Gasteiger partial charge in [-0.2, -0.15) is 18.3 Å². The van der Waals surface area contributed by atoms with E-state index in [1.165, 1.54) is 31.5 Å². The fourth-order valence-electron chi connectivity index (χ4n) is 2.04. The first kappa shape index (κ1) is 17.7. The van der Waals surface area contributed by atoms with Crippen LogP contribution in [0.5, 0.6) is 11.5 Å². The molecule has 0 radical (unpaired) electrons. The predicted octanol–water partition coefficient (Wildman–Crippen LogP) is 4.56. The molecule has 0 aliphatic heterocycles. The van der Waals surface area contributed by atoms with Gasteiger partial charge in [-0.3, -0.25) is 5.43 Å². The number of nitrogens with zero attached hydrogens (tertiary/aromatic N) is 1. The Kier molecular flexibility index (Phi) is 5.68. The third-order valence-electron chi connectivity index (χ3n) is 3.12. The zero-order valence-corrected chi connectivity index (χ0v) is 13.2. The van der Waals surface area contributed by atoms with Crippen LogP contribution < -0.4 is 14.9 Å². The van der Waals surface area contributed by atoms with Crippen LogP contribution in [-0.4, -0.2) is 19.9 Å². The van der Waals surface area contributed by atoms with Crippen molar-refractivity contribution >= 4 is 11.9 Å². The highest BCUT2D eigenvalue weighted by molar-refractivity contribution is 5.81. The molecule has 1 N–H and O–H groups in total. The largest absolute Gasteiger partial charge is 0.493 e. The molecular weight excluding hydrogens is 321 g/mol. The number of methoxy groups -OCH3 is 1. The minimum absolute atomic E-state index is 0.112. The van der Waals surface area contributed by atoms with Crippen LogP contribution in [0.4, 0.5) is 18.9 Å². The third-order valence-corrected chi connectivity index (χ3v) is 3.12. The minimum Gasteiger partial charge on any atom is -0.493 e. The molecule has 2 aromatic rings. The number of nitrogens with one attached hydrogen (secondary N) is 1. The van der Waals surface area contributed by atoms with E-state index in [2.05, 4.69) is 10.5 Å².